The van der Waals surface area contributed by atoms with Gasteiger partial charge in [0.25, 0.3) is 0 Å². The summed E-state index contributed by atoms with van der Waals surface area (Å²) in [6.07, 6.45) is 2.89. The van der Waals surface area contributed by atoms with Crippen LogP contribution in [0.2, 0.25) is 5.02 Å². The molecule has 3 saturated carbocycles. The highest BCUT2D eigenvalue weighted by Crippen LogP contribution is 2.52. The first-order valence-electron chi connectivity index (χ1n) is 19.5. The van der Waals surface area contributed by atoms with Gasteiger partial charge in [0.15, 0.2) is 5.13 Å². The summed E-state index contributed by atoms with van der Waals surface area (Å²) in [6.45, 7) is 15.2. The number of likely N-dealkylation sites (tertiary alicyclic amines) is 1. The summed E-state index contributed by atoms with van der Waals surface area (Å²) in [5.41, 5.74) is -0.768. The largest absolute Gasteiger partial charge is 0.495 e. The lowest BCUT2D eigenvalue weighted by molar-refractivity contribution is -0.146. The van der Waals surface area contributed by atoms with Crippen LogP contribution < -0.4 is 25.4 Å². The van der Waals surface area contributed by atoms with Crippen molar-refractivity contribution in [3.63, 3.8) is 0 Å². The summed E-state index contributed by atoms with van der Waals surface area (Å²) in [5, 5.41) is 20.6. The Labute approximate surface area is 341 Å². The second-order valence-corrected chi connectivity index (χ2v) is 18.8. The number of carboxylic acids is 1. The standard InChI is InChI=1S/C41H51ClN6O8S/c1-9-23-17-41(23,37(51)52)47-35(49)28-15-25(18-48(28)36(50)34(40(5,6)7)46-39(53)56-24-13-21-12-22(21)14-24)55-30-16-27(32-20(4)57-38(45-32)43-19(2)3)44-33-26(30)10-11-29(54-8)31(33)42/h9-11,16,19,21-25,28,34H,1,12-15,17-18H2,2-8H3,(H,43,45)(H,46,53)(H,47,49)(H,51,52). The van der Waals surface area contributed by atoms with Crippen LogP contribution in [0.15, 0.2) is 30.9 Å². The van der Waals surface area contributed by atoms with Crippen LogP contribution in [-0.4, -0.2) is 93.4 Å². The average Bonchev–Trinajstić information content (AvgIpc) is 3.86. The normalized spacial score (nSPS) is 26.7. The van der Waals surface area contributed by atoms with Gasteiger partial charge in [-0.2, -0.15) is 0 Å². The quantitative estimate of drug-likeness (QED) is 0.137. The number of methoxy groups -OCH3 is 1. The maximum absolute atomic E-state index is 14.7. The number of ether oxygens (including phenoxy) is 3. The monoisotopic (exact) mass is 822 g/mol. The van der Waals surface area contributed by atoms with Gasteiger partial charge in [0.05, 0.1) is 24.9 Å². The van der Waals surface area contributed by atoms with Crippen LogP contribution >= 0.6 is 22.9 Å². The molecule has 3 aromatic rings. The van der Waals surface area contributed by atoms with Gasteiger partial charge in [-0.1, -0.05) is 38.4 Å². The van der Waals surface area contributed by atoms with E-state index in [1.165, 1.54) is 35.8 Å². The Hall–Kier alpha value is -4.63. The summed E-state index contributed by atoms with van der Waals surface area (Å²) in [4.78, 5) is 66.6. The van der Waals surface area contributed by atoms with Crippen molar-refractivity contribution < 1.29 is 38.5 Å². The van der Waals surface area contributed by atoms with E-state index < -0.39 is 58.9 Å². The zero-order valence-electron chi connectivity index (χ0n) is 33.3. The molecule has 1 aromatic carbocycles. The van der Waals surface area contributed by atoms with Gasteiger partial charge in [0, 0.05) is 34.7 Å². The Morgan fingerprint density at radius 1 is 1.09 bits per heavy atom. The number of anilines is 1. The topological polar surface area (TPSA) is 181 Å². The maximum Gasteiger partial charge on any atom is 0.408 e. The molecule has 3 amide bonds. The van der Waals surface area contributed by atoms with Crippen LogP contribution in [0.1, 0.15) is 71.6 Å². The number of nitrogens with one attached hydrogen (secondary N) is 3. The molecule has 0 bridgehead atoms. The van der Waals surface area contributed by atoms with E-state index in [4.69, 9.17) is 35.8 Å². The Morgan fingerprint density at radius 3 is 2.42 bits per heavy atom. The third kappa shape index (κ3) is 8.09. The molecule has 1 aliphatic heterocycles. The fourth-order valence-corrected chi connectivity index (χ4v) is 9.53. The first-order chi connectivity index (χ1) is 26.9. The molecule has 16 heteroatoms. The van der Waals surface area contributed by atoms with Crippen molar-refractivity contribution in [2.24, 2.45) is 23.2 Å². The lowest BCUT2D eigenvalue weighted by Crippen LogP contribution is -2.59. The number of pyridine rings is 1. The summed E-state index contributed by atoms with van der Waals surface area (Å²) in [7, 11) is 1.52. The molecular weight excluding hydrogens is 772 g/mol. The van der Waals surface area contributed by atoms with Gasteiger partial charge in [0.2, 0.25) is 11.8 Å². The predicted octanol–water partition coefficient (Wildman–Crippen LogP) is 6.58. The van der Waals surface area contributed by atoms with Crippen LogP contribution in [0, 0.1) is 30.1 Å². The van der Waals surface area contributed by atoms with Gasteiger partial charge in [0.1, 0.15) is 52.0 Å². The number of hydrogen-bond donors (Lipinski definition) is 4. The van der Waals surface area contributed by atoms with Crippen molar-refractivity contribution in [1.29, 1.82) is 0 Å². The number of fused-ring (bicyclic) bond motifs is 2. The number of carboxylic acid groups (broad SMARTS) is 1. The highest BCUT2D eigenvalue weighted by molar-refractivity contribution is 7.16. The van der Waals surface area contributed by atoms with E-state index in [-0.39, 0.29) is 36.6 Å². The molecule has 4 aliphatic rings. The number of benzene rings is 1. The van der Waals surface area contributed by atoms with E-state index in [1.807, 2.05) is 41.5 Å². The molecular formula is C41H51ClN6O8S. The van der Waals surface area contributed by atoms with Crippen LogP contribution in [0.5, 0.6) is 11.5 Å². The minimum Gasteiger partial charge on any atom is -0.495 e. The van der Waals surface area contributed by atoms with E-state index in [0.717, 1.165) is 22.9 Å². The SMILES string of the molecule is C=CC1CC1(NC(=O)C1CC(Oc2cc(-c3nc(NC(C)C)sc3C)nc3c(Cl)c(OC)ccc23)CN1C(=O)C(NC(=O)OC1CC2CC2C1)C(C)(C)C)C(=O)O. The minimum absolute atomic E-state index is 0.0272. The predicted molar refractivity (Wildman–Crippen MR) is 217 cm³/mol. The highest BCUT2D eigenvalue weighted by atomic mass is 35.5. The van der Waals surface area contributed by atoms with Crippen LogP contribution in [0.4, 0.5) is 9.93 Å². The first-order valence-corrected chi connectivity index (χ1v) is 20.7. The van der Waals surface area contributed by atoms with Crippen molar-refractivity contribution >= 4 is 62.8 Å². The number of rotatable bonds is 13. The van der Waals surface area contributed by atoms with Gasteiger partial charge in [-0.15, -0.1) is 17.9 Å². The third-order valence-electron chi connectivity index (χ3n) is 11.5. The number of thiazole rings is 1. The number of hydrogen-bond acceptors (Lipinski definition) is 11. The van der Waals surface area contributed by atoms with Crippen LogP contribution in [0.25, 0.3) is 22.3 Å². The number of aliphatic carboxylic acids is 1. The molecule has 0 spiro atoms. The van der Waals surface area contributed by atoms with Crippen molar-refractivity contribution in [3.05, 3.63) is 40.8 Å². The molecule has 1 saturated heterocycles. The molecule has 3 heterocycles. The summed E-state index contributed by atoms with van der Waals surface area (Å²) < 4.78 is 18.0. The van der Waals surface area contributed by atoms with E-state index in [0.29, 0.717) is 45.6 Å². The Balaban J connectivity index is 1.22. The molecule has 57 heavy (non-hydrogen) atoms. The number of nitrogens with zero attached hydrogens (tertiary/aromatic N) is 3. The smallest absolute Gasteiger partial charge is 0.408 e. The van der Waals surface area contributed by atoms with Crippen molar-refractivity contribution in [2.45, 2.75) is 110 Å². The fraction of sp³-hybridized carbons (Fsp3) is 0.561. The second-order valence-electron chi connectivity index (χ2n) is 17.2. The van der Waals surface area contributed by atoms with Crippen molar-refractivity contribution in [3.8, 4) is 22.9 Å². The van der Waals surface area contributed by atoms with Gasteiger partial charge in [-0.25, -0.2) is 19.6 Å². The zero-order valence-corrected chi connectivity index (χ0v) is 34.9. The van der Waals surface area contributed by atoms with Gasteiger partial charge in [-0.3, -0.25) is 9.59 Å². The van der Waals surface area contributed by atoms with E-state index >= 15 is 0 Å². The minimum atomic E-state index is -1.53. The number of halogens is 1. The van der Waals surface area contributed by atoms with E-state index in [1.54, 1.807) is 18.2 Å². The number of carbonyl (C=O) groups is 4. The maximum atomic E-state index is 14.7. The lowest BCUT2D eigenvalue weighted by Gasteiger charge is -2.35. The number of alkyl carbamates (subject to hydrolysis) is 1. The lowest BCUT2D eigenvalue weighted by atomic mass is 9.85. The van der Waals surface area contributed by atoms with Gasteiger partial charge >= 0.3 is 12.1 Å². The molecule has 7 atom stereocenters. The van der Waals surface area contributed by atoms with Gasteiger partial charge < -0.3 is 40.2 Å². The molecule has 306 valence electrons. The van der Waals surface area contributed by atoms with Crippen LogP contribution in [0.3, 0.4) is 0 Å². The highest BCUT2D eigenvalue weighted by Gasteiger charge is 2.61. The molecule has 7 unspecified atom stereocenters. The average molecular weight is 823 g/mol. The number of aryl methyl sites for hydroxylation is 1. The summed E-state index contributed by atoms with van der Waals surface area (Å²) >= 11 is 8.35. The summed E-state index contributed by atoms with van der Waals surface area (Å²) in [6, 6.07) is 3.22. The first kappa shape index (κ1) is 40.6. The molecule has 7 rings (SSSR count). The molecule has 4 N–H and O–H groups in total. The molecule has 2 aromatic heterocycles. The van der Waals surface area contributed by atoms with Gasteiger partial charge in [-0.05, 0) is 75.8 Å². The molecule has 4 fully saturated rings. The number of aromatic nitrogens is 2. The molecule has 3 aliphatic carbocycles. The Bertz CT molecular complexity index is 2110. The van der Waals surface area contributed by atoms with Crippen LogP contribution in [-0.2, 0) is 19.1 Å². The number of carbonyl (C=O) groups excluding carboxylic acids is 3. The molecule has 14 nitrogen and oxygen atoms in total. The second kappa shape index (κ2) is 15.3. The van der Waals surface area contributed by atoms with Crippen molar-refractivity contribution in [2.75, 3.05) is 19.0 Å². The van der Waals surface area contributed by atoms with Crippen molar-refractivity contribution in [1.82, 2.24) is 25.5 Å². The fourth-order valence-electron chi connectivity index (χ4n) is 8.27. The van der Waals surface area contributed by atoms with E-state index in [2.05, 4.69) is 22.5 Å². The third-order valence-corrected chi connectivity index (χ3v) is 12.8. The van der Waals surface area contributed by atoms with E-state index in [9.17, 15) is 24.3 Å². The summed E-state index contributed by atoms with van der Waals surface area (Å²) in [5.74, 6) is -0.801. The Morgan fingerprint density at radius 2 is 1.81 bits per heavy atom. The Kier molecular flexibility index (Phi) is 10.9. The number of amides is 3. The zero-order chi connectivity index (χ0) is 41.1. The molecule has 0 radical (unpaired) electrons.